The zero-order chi connectivity index (χ0) is 14.8. The maximum atomic E-state index is 12.5. The van der Waals surface area contributed by atoms with Crippen LogP contribution in [0, 0.1) is 17.3 Å². The number of hydrogen-bond donors (Lipinski definition) is 1. The summed E-state index contributed by atoms with van der Waals surface area (Å²) in [6.45, 7) is 9.96. The van der Waals surface area contributed by atoms with Gasteiger partial charge in [0, 0.05) is 13.1 Å². The smallest absolute Gasteiger partial charge is 0.311 e. The number of nitrogens with one attached hydrogen (secondary N) is 1. The molecule has 0 aromatic carbocycles. The van der Waals surface area contributed by atoms with Crippen molar-refractivity contribution in [1.82, 2.24) is 5.32 Å². The van der Waals surface area contributed by atoms with Gasteiger partial charge in [0.05, 0.1) is 5.92 Å². The highest BCUT2D eigenvalue weighted by Crippen LogP contribution is 2.46. The summed E-state index contributed by atoms with van der Waals surface area (Å²) in [6.07, 6.45) is 7.51. The maximum Gasteiger partial charge on any atom is 0.311 e. The van der Waals surface area contributed by atoms with Crippen molar-refractivity contribution < 1.29 is 9.53 Å². The van der Waals surface area contributed by atoms with Crippen LogP contribution in [0.2, 0.25) is 0 Å². The van der Waals surface area contributed by atoms with E-state index in [1.807, 2.05) is 20.8 Å². The second-order valence-corrected chi connectivity index (χ2v) is 7.78. The molecule has 0 radical (unpaired) electrons. The van der Waals surface area contributed by atoms with Crippen LogP contribution in [0.5, 0.6) is 0 Å². The van der Waals surface area contributed by atoms with Crippen molar-refractivity contribution in [3.05, 3.63) is 0 Å². The van der Waals surface area contributed by atoms with Crippen molar-refractivity contribution in [3.8, 4) is 0 Å². The molecular formula is C17H31NO2. The van der Waals surface area contributed by atoms with Crippen LogP contribution in [0.4, 0.5) is 0 Å². The van der Waals surface area contributed by atoms with Crippen LogP contribution >= 0.6 is 0 Å². The third kappa shape index (κ3) is 3.55. The van der Waals surface area contributed by atoms with Crippen LogP contribution in [0.1, 0.15) is 66.2 Å². The molecule has 1 saturated heterocycles. The summed E-state index contributed by atoms with van der Waals surface area (Å²) in [7, 11) is 0. The highest BCUT2D eigenvalue weighted by atomic mass is 16.6. The SMILES string of the molecule is CCC1CCCC2(CC1)CNCC2C(=O)OC(C)(C)C. The Morgan fingerprint density at radius 2 is 2.05 bits per heavy atom. The normalized spacial score (nSPS) is 35.0. The van der Waals surface area contributed by atoms with Crippen molar-refractivity contribution in [1.29, 1.82) is 0 Å². The molecule has 1 N–H and O–H groups in total. The molecule has 1 saturated carbocycles. The van der Waals surface area contributed by atoms with Crippen LogP contribution in [0.15, 0.2) is 0 Å². The van der Waals surface area contributed by atoms with E-state index in [1.165, 1.54) is 38.5 Å². The van der Waals surface area contributed by atoms with Crippen LogP contribution < -0.4 is 5.32 Å². The first-order valence-corrected chi connectivity index (χ1v) is 8.30. The number of ether oxygens (including phenoxy) is 1. The topological polar surface area (TPSA) is 38.3 Å². The minimum Gasteiger partial charge on any atom is -0.460 e. The van der Waals surface area contributed by atoms with E-state index in [2.05, 4.69) is 12.2 Å². The van der Waals surface area contributed by atoms with Gasteiger partial charge in [-0.15, -0.1) is 0 Å². The third-order valence-corrected chi connectivity index (χ3v) is 5.17. The van der Waals surface area contributed by atoms with E-state index in [9.17, 15) is 4.79 Å². The summed E-state index contributed by atoms with van der Waals surface area (Å²) in [4.78, 5) is 12.5. The predicted molar refractivity (Wildman–Crippen MR) is 81.5 cm³/mol. The third-order valence-electron chi connectivity index (χ3n) is 5.17. The minimum atomic E-state index is -0.377. The fraction of sp³-hybridized carbons (Fsp3) is 0.941. The van der Waals surface area contributed by atoms with Gasteiger partial charge in [-0.3, -0.25) is 4.79 Å². The average Bonchev–Trinajstić information content (AvgIpc) is 2.63. The Morgan fingerprint density at radius 1 is 1.30 bits per heavy atom. The number of carbonyl (C=O) groups excluding carboxylic acids is 1. The van der Waals surface area contributed by atoms with E-state index in [4.69, 9.17) is 4.74 Å². The molecule has 0 amide bonds. The van der Waals surface area contributed by atoms with E-state index in [0.29, 0.717) is 0 Å². The molecule has 0 bridgehead atoms. The minimum absolute atomic E-state index is 0.0115. The first kappa shape index (κ1) is 15.8. The molecule has 1 spiro atoms. The van der Waals surface area contributed by atoms with Gasteiger partial charge in [-0.25, -0.2) is 0 Å². The summed E-state index contributed by atoms with van der Waals surface area (Å²) < 4.78 is 5.66. The van der Waals surface area contributed by atoms with Gasteiger partial charge >= 0.3 is 5.97 Å². The summed E-state index contributed by atoms with van der Waals surface area (Å²) >= 11 is 0. The van der Waals surface area contributed by atoms with Crippen LogP contribution in [0.25, 0.3) is 0 Å². The van der Waals surface area contributed by atoms with Crippen LogP contribution in [0.3, 0.4) is 0 Å². The van der Waals surface area contributed by atoms with Gasteiger partial charge in [0.15, 0.2) is 0 Å². The molecule has 2 fully saturated rings. The van der Waals surface area contributed by atoms with E-state index < -0.39 is 0 Å². The number of hydrogen-bond acceptors (Lipinski definition) is 3. The second-order valence-electron chi connectivity index (χ2n) is 7.78. The van der Waals surface area contributed by atoms with Gasteiger partial charge in [-0.05, 0) is 51.4 Å². The Kier molecular flexibility index (Phi) is 4.78. The van der Waals surface area contributed by atoms with Gasteiger partial charge in [0.1, 0.15) is 5.60 Å². The molecule has 3 heteroatoms. The fourth-order valence-electron chi connectivity index (χ4n) is 3.95. The molecule has 1 heterocycles. The number of carbonyl (C=O) groups is 1. The molecule has 0 aromatic heterocycles. The first-order valence-electron chi connectivity index (χ1n) is 8.30. The van der Waals surface area contributed by atoms with Gasteiger partial charge in [0.25, 0.3) is 0 Å². The average molecular weight is 281 g/mol. The van der Waals surface area contributed by atoms with Crippen molar-refractivity contribution >= 4 is 5.97 Å². The predicted octanol–water partition coefficient (Wildman–Crippen LogP) is 3.52. The molecule has 1 aliphatic heterocycles. The quantitative estimate of drug-likeness (QED) is 0.787. The summed E-state index contributed by atoms with van der Waals surface area (Å²) in [5.41, 5.74) is -0.218. The first-order chi connectivity index (χ1) is 9.36. The second kappa shape index (κ2) is 6.05. The Labute approximate surface area is 123 Å². The largest absolute Gasteiger partial charge is 0.460 e. The molecule has 3 unspecified atom stereocenters. The highest BCUT2D eigenvalue weighted by molar-refractivity contribution is 5.74. The monoisotopic (exact) mass is 281 g/mol. The highest BCUT2D eigenvalue weighted by Gasteiger charge is 2.48. The Hall–Kier alpha value is -0.570. The number of rotatable bonds is 2. The van der Waals surface area contributed by atoms with Gasteiger partial charge in [-0.2, -0.15) is 0 Å². The van der Waals surface area contributed by atoms with Crippen LogP contribution in [-0.2, 0) is 9.53 Å². The molecular weight excluding hydrogens is 250 g/mol. The van der Waals surface area contributed by atoms with E-state index in [1.54, 1.807) is 0 Å². The van der Waals surface area contributed by atoms with Crippen LogP contribution in [-0.4, -0.2) is 24.7 Å². The maximum absolute atomic E-state index is 12.5. The lowest BCUT2D eigenvalue weighted by Gasteiger charge is -2.34. The molecule has 0 aromatic rings. The Morgan fingerprint density at radius 3 is 2.70 bits per heavy atom. The zero-order valence-electron chi connectivity index (χ0n) is 13.6. The van der Waals surface area contributed by atoms with Crippen molar-refractivity contribution in [2.75, 3.05) is 13.1 Å². The summed E-state index contributed by atoms with van der Waals surface area (Å²) in [5, 5.41) is 3.46. The lowest BCUT2D eigenvalue weighted by Crippen LogP contribution is -2.38. The Balaban J connectivity index is 2.07. The van der Waals surface area contributed by atoms with Crippen molar-refractivity contribution in [3.63, 3.8) is 0 Å². The molecule has 3 nitrogen and oxygen atoms in total. The van der Waals surface area contributed by atoms with E-state index >= 15 is 0 Å². The van der Waals surface area contributed by atoms with Crippen molar-refractivity contribution in [2.45, 2.75) is 71.8 Å². The summed E-state index contributed by atoms with van der Waals surface area (Å²) in [5.74, 6) is 0.920. The molecule has 3 atom stereocenters. The van der Waals surface area contributed by atoms with Gasteiger partial charge in [-0.1, -0.05) is 26.2 Å². The molecule has 116 valence electrons. The lowest BCUT2D eigenvalue weighted by atomic mass is 9.72. The molecule has 1 aliphatic carbocycles. The van der Waals surface area contributed by atoms with Crippen molar-refractivity contribution in [2.24, 2.45) is 17.3 Å². The molecule has 2 rings (SSSR count). The molecule has 20 heavy (non-hydrogen) atoms. The molecule has 2 aliphatic rings. The Bertz CT molecular complexity index is 347. The van der Waals surface area contributed by atoms with Gasteiger partial charge < -0.3 is 10.1 Å². The fourth-order valence-corrected chi connectivity index (χ4v) is 3.95. The van der Waals surface area contributed by atoms with E-state index in [-0.39, 0.29) is 22.9 Å². The lowest BCUT2D eigenvalue weighted by molar-refractivity contribution is -0.163. The standard InChI is InChI=1S/C17H31NO2/c1-5-13-7-6-9-17(10-8-13)12-18-11-14(17)15(19)20-16(2,3)4/h13-14,18H,5-12H2,1-4H3. The zero-order valence-corrected chi connectivity index (χ0v) is 13.6. The van der Waals surface area contributed by atoms with E-state index in [0.717, 1.165) is 19.0 Å². The summed E-state index contributed by atoms with van der Waals surface area (Å²) in [6, 6.07) is 0. The van der Waals surface area contributed by atoms with Gasteiger partial charge in [0.2, 0.25) is 0 Å². The number of esters is 1.